The van der Waals surface area contributed by atoms with Gasteiger partial charge in [0.2, 0.25) is 11.8 Å². The minimum absolute atomic E-state index is 0.0758. The lowest BCUT2D eigenvalue weighted by Gasteiger charge is -2.27. The lowest BCUT2D eigenvalue weighted by molar-refractivity contribution is -0.140. The number of aromatic nitrogens is 1. The monoisotopic (exact) mass is 546 g/mol. The molecular weight excluding hydrogens is 504 g/mol. The summed E-state index contributed by atoms with van der Waals surface area (Å²) in [5, 5.41) is 15.5. The molecule has 3 N–H and O–H groups in total. The molecule has 2 aromatic rings. The van der Waals surface area contributed by atoms with Crippen LogP contribution in [0.15, 0.2) is 29.8 Å². The van der Waals surface area contributed by atoms with E-state index in [1.54, 1.807) is 11.3 Å². The third-order valence-corrected chi connectivity index (χ3v) is 6.97. The summed E-state index contributed by atoms with van der Waals surface area (Å²) in [6, 6.07) is 7.29. The molecule has 38 heavy (non-hydrogen) atoms. The molecule has 2 heterocycles. The Morgan fingerprint density at radius 2 is 1.92 bits per heavy atom. The lowest BCUT2D eigenvalue weighted by atomic mass is 10.0. The molecule has 0 bridgehead atoms. The normalized spacial score (nSPS) is 17.8. The second-order valence-corrected chi connectivity index (χ2v) is 11.0. The zero-order valence-electron chi connectivity index (χ0n) is 23.3. The standard InChI is InChI=1S/C16H28N2O5.C12H14N2S/c1-10(2)5-14(17-15(21)9-23-11(3)4)16(22)18-7-13(20)6-12(18)8-19;1-9-12(15-8-14-9)11-5-3-10(4-6-11)7-13-2/h8,10-14,20H,5-7,9H2,1-4H3,(H,17,21);3-6,8,13H,7H2,1-2H3. The van der Waals surface area contributed by atoms with Crippen molar-refractivity contribution < 1.29 is 24.2 Å². The molecule has 3 rings (SSSR count). The first kappa shape index (κ1) is 31.6. The molecule has 1 aromatic carbocycles. The van der Waals surface area contributed by atoms with E-state index in [4.69, 9.17) is 4.74 Å². The number of hydrogen-bond donors (Lipinski definition) is 3. The first-order valence-corrected chi connectivity index (χ1v) is 13.9. The average molecular weight is 547 g/mol. The Morgan fingerprint density at radius 1 is 1.24 bits per heavy atom. The van der Waals surface area contributed by atoms with Crippen LogP contribution in [0, 0.1) is 12.8 Å². The summed E-state index contributed by atoms with van der Waals surface area (Å²) < 4.78 is 5.24. The highest BCUT2D eigenvalue weighted by Crippen LogP contribution is 2.27. The van der Waals surface area contributed by atoms with E-state index in [0.29, 0.717) is 12.7 Å². The number of thiazole rings is 1. The number of hydrogen-bond acceptors (Lipinski definition) is 8. The number of ether oxygens (including phenoxy) is 1. The van der Waals surface area contributed by atoms with Gasteiger partial charge in [0.1, 0.15) is 18.9 Å². The number of nitrogens with zero attached hydrogens (tertiary/aromatic N) is 2. The van der Waals surface area contributed by atoms with Crippen LogP contribution >= 0.6 is 11.3 Å². The molecule has 1 aromatic heterocycles. The topological polar surface area (TPSA) is 121 Å². The van der Waals surface area contributed by atoms with E-state index >= 15 is 0 Å². The Kier molecular flexibility index (Phi) is 13.0. The summed E-state index contributed by atoms with van der Waals surface area (Å²) in [5.74, 6) is -0.497. The Morgan fingerprint density at radius 3 is 2.45 bits per heavy atom. The molecule has 2 amide bonds. The van der Waals surface area contributed by atoms with Crippen LogP contribution in [-0.4, -0.2) is 77.6 Å². The number of aliphatic hydroxyl groups excluding tert-OH is 1. The van der Waals surface area contributed by atoms with Gasteiger partial charge in [-0.15, -0.1) is 11.3 Å². The van der Waals surface area contributed by atoms with Crippen LogP contribution in [0.25, 0.3) is 10.4 Å². The van der Waals surface area contributed by atoms with Gasteiger partial charge in [-0.25, -0.2) is 4.98 Å². The first-order valence-electron chi connectivity index (χ1n) is 13.0. The summed E-state index contributed by atoms with van der Waals surface area (Å²) in [6.45, 7) is 10.5. The van der Waals surface area contributed by atoms with Gasteiger partial charge in [0.15, 0.2) is 0 Å². The first-order chi connectivity index (χ1) is 18.0. The minimum Gasteiger partial charge on any atom is -0.391 e. The lowest BCUT2D eigenvalue weighted by Crippen LogP contribution is -2.51. The smallest absolute Gasteiger partial charge is 0.246 e. The predicted molar refractivity (Wildman–Crippen MR) is 150 cm³/mol. The highest BCUT2D eigenvalue weighted by Gasteiger charge is 2.37. The van der Waals surface area contributed by atoms with Gasteiger partial charge < -0.3 is 30.2 Å². The van der Waals surface area contributed by atoms with E-state index in [9.17, 15) is 19.5 Å². The molecule has 3 unspecified atom stereocenters. The van der Waals surface area contributed by atoms with Gasteiger partial charge in [-0.2, -0.15) is 0 Å². The Balaban J connectivity index is 0.000000290. The van der Waals surface area contributed by atoms with Crippen LogP contribution in [0.5, 0.6) is 0 Å². The minimum atomic E-state index is -0.717. The number of amides is 2. The van der Waals surface area contributed by atoms with Crippen molar-refractivity contribution in [3.05, 3.63) is 41.0 Å². The highest BCUT2D eigenvalue weighted by molar-refractivity contribution is 7.13. The third kappa shape index (κ3) is 9.90. The maximum Gasteiger partial charge on any atom is 0.246 e. The Hall–Kier alpha value is -2.66. The quantitative estimate of drug-likeness (QED) is 0.371. The van der Waals surface area contributed by atoms with Gasteiger partial charge in [-0.05, 0) is 51.3 Å². The zero-order valence-corrected chi connectivity index (χ0v) is 24.1. The molecule has 1 aliphatic rings. The van der Waals surface area contributed by atoms with Crippen LogP contribution in [0.4, 0.5) is 0 Å². The largest absolute Gasteiger partial charge is 0.391 e. The molecule has 210 valence electrons. The van der Waals surface area contributed by atoms with Gasteiger partial charge in [0.05, 0.1) is 34.3 Å². The van der Waals surface area contributed by atoms with Crippen LogP contribution in [0.1, 0.15) is 51.8 Å². The highest BCUT2D eigenvalue weighted by atomic mass is 32.1. The van der Waals surface area contributed by atoms with Crippen molar-refractivity contribution in [3.8, 4) is 10.4 Å². The molecule has 0 radical (unpaired) electrons. The van der Waals surface area contributed by atoms with E-state index in [-0.39, 0.29) is 43.4 Å². The van der Waals surface area contributed by atoms with Crippen LogP contribution in [0.3, 0.4) is 0 Å². The van der Waals surface area contributed by atoms with Gasteiger partial charge >= 0.3 is 0 Å². The van der Waals surface area contributed by atoms with Gasteiger partial charge in [-0.3, -0.25) is 9.59 Å². The third-order valence-electron chi connectivity index (χ3n) is 5.99. The number of benzene rings is 1. The number of nitrogens with one attached hydrogen (secondary N) is 2. The van der Waals surface area contributed by atoms with Crippen molar-refractivity contribution in [3.63, 3.8) is 0 Å². The molecule has 10 heteroatoms. The number of aryl methyl sites for hydroxylation is 1. The van der Waals surface area contributed by atoms with Crippen molar-refractivity contribution in [1.82, 2.24) is 20.5 Å². The fourth-order valence-electron chi connectivity index (χ4n) is 4.15. The fraction of sp³-hybridized carbons (Fsp3) is 0.571. The summed E-state index contributed by atoms with van der Waals surface area (Å²) in [6.07, 6.45) is 0.602. The summed E-state index contributed by atoms with van der Waals surface area (Å²) in [5.41, 5.74) is 5.58. The molecule has 1 fully saturated rings. The van der Waals surface area contributed by atoms with Crippen molar-refractivity contribution in [1.29, 1.82) is 0 Å². The zero-order chi connectivity index (χ0) is 28.2. The molecule has 0 saturated carbocycles. The second kappa shape index (κ2) is 15.7. The van der Waals surface area contributed by atoms with Crippen molar-refractivity contribution >= 4 is 29.4 Å². The number of rotatable bonds is 11. The average Bonchev–Trinajstić information content (AvgIpc) is 3.47. The van der Waals surface area contributed by atoms with E-state index < -0.39 is 18.2 Å². The van der Waals surface area contributed by atoms with Crippen LogP contribution in [-0.2, 0) is 25.7 Å². The van der Waals surface area contributed by atoms with E-state index in [0.717, 1.165) is 12.2 Å². The summed E-state index contributed by atoms with van der Waals surface area (Å²) in [4.78, 5) is 42.6. The fourth-order valence-corrected chi connectivity index (χ4v) is 4.97. The van der Waals surface area contributed by atoms with E-state index in [1.807, 2.05) is 47.2 Å². The Labute approximate surface area is 230 Å². The number of aliphatic hydroxyl groups is 1. The maximum absolute atomic E-state index is 12.7. The number of likely N-dealkylation sites (tertiary alicyclic amines) is 1. The van der Waals surface area contributed by atoms with E-state index in [1.165, 1.54) is 20.9 Å². The Bertz CT molecular complexity index is 1020. The number of β-amino-alcohol motifs (C(OH)–C–C–N with tert-alkyl or cyclic N) is 1. The molecule has 0 aliphatic carbocycles. The molecule has 1 aliphatic heterocycles. The number of carbonyl (C=O) groups is 3. The maximum atomic E-state index is 12.7. The molecule has 9 nitrogen and oxygen atoms in total. The van der Waals surface area contributed by atoms with Crippen LogP contribution in [0.2, 0.25) is 0 Å². The van der Waals surface area contributed by atoms with Gasteiger partial charge in [0.25, 0.3) is 0 Å². The molecule has 0 spiro atoms. The molecule has 3 atom stereocenters. The van der Waals surface area contributed by atoms with Crippen LogP contribution < -0.4 is 10.6 Å². The van der Waals surface area contributed by atoms with Crippen molar-refractivity contribution in [2.24, 2.45) is 5.92 Å². The predicted octanol–water partition coefficient (Wildman–Crippen LogP) is 2.94. The van der Waals surface area contributed by atoms with Gasteiger partial charge in [0, 0.05) is 19.5 Å². The SMILES string of the molecule is CC(C)CC(NC(=O)COC(C)C)C(=O)N1CC(O)CC1C=O.CNCc1ccc(-c2scnc2C)cc1. The van der Waals surface area contributed by atoms with Crippen molar-refractivity contribution in [2.75, 3.05) is 20.2 Å². The van der Waals surface area contributed by atoms with E-state index in [2.05, 4.69) is 39.9 Å². The second-order valence-electron chi connectivity index (χ2n) is 10.2. The number of carbonyl (C=O) groups excluding carboxylic acids is 3. The summed E-state index contributed by atoms with van der Waals surface area (Å²) >= 11 is 1.70. The summed E-state index contributed by atoms with van der Waals surface area (Å²) in [7, 11) is 1.96. The van der Waals surface area contributed by atoms with Gasteiger partial charge in [-0.1, -0.05) is 38.1 Å². The molecular formula is C28H42N4O5S. The number of aldehydes is 1. The molecule has 1 saturated heterocycles. The van der Waals surface area contributed by atoms with Crippen molar-refractivity contribution in [2.45, 2.75) is 78.3 Å².